The van der Waals surface area contributed by atoms with Gasteiger partial charge in [0.2, 0.25) is 0 Å². The molecule has 190 valence electrons. The molecule has 3 aromatic rings. The highest BCUT2D eigenvalue weighted by molar-refractivity contribution is 5.72. The summed E-state index contributed by atoms with van der Waals surface area (Å²) in [5.41, 5.74) is 2.15. The molecule has 0 unspecified atom stereocenters. The van der Waals surface area contributed by atoms with Crippen molar-refractivity contribution in [2.45, 2.75) is 61.9 Å². The van der Waals surface area contributed by atoms with Crippen molar-refractivity contribution in [3.63, 3.8) is 0 Å². The van der Waals surface area contributed by atoms with E-state index >= 15 is 4.39 Å². The van der Waals surface area contributed by atoms with Gasteiger partial charge in [-0.1, -0.05) is 0 Å². The normalized spacial score (nSPS) is 31.6. The number of carbonyl (C=O) groups is 1. The highest BCUT2D eigenvalue weighted by atomic mass is 19.1. The molecule has 1 amide bonds. The Bertz CT molecular complexity index is 1270. The molecule has 2 bridgehead atoms. The van der Waals surface area contributed by atoms with Crippen LogP contribution in [-0.2, 0) is 9.47 Å². The first-order valence-electron chi connectivity index (χ1n) is 12.7. The monoisotopic (exact) mass is 496 g/mol. The number of hydrogen-bond donors (Lipinski definition) is 4. The van der Waals surface area contributed by atoms with Gasteiger partial charge in [-0.25, -0.2) is 18.7 Å². The Balaban J connectivity index is 1.04. The zero-order chi connectivity index (χ0) is 24.3. The molecule has 5 aliphatic rings. The first-order chi connectivity index (χ1) is 17.6. The van der Waals surface area contributed by atoms with Gasteiger partial charge in [-0.3, -0.25) is 5.10 Å². The molecule has 3 atom stereocenters. The van der Waals surface area contributed by atoms with Crippen LogP contribution in [0.1, 0.15) is 55.5 Å². The van der Waals surface area contributed by atoms with Crippen molar-refractivity contribution in [2.75, 3.05) is 25.0 Å². The number of amides is 1. The molecule has 12 heteroatoms. The van der Waals surface area contributed by atoms with Crippen LogP contribution >= 0.6 is 0 Å². The fourth-order valence-electron chi connectivity index (χ4n) is 5.97. The van der Waals surface area contributed by atoms with Crippen molar-refractivity contribution in [3.05, 3.63) is 35.9 Å². The topological polar surface area (TPSA) is 130 Å². The second-order valence-electron chi connectivity index (χ2n) is 10.6. The van der Waals surface area contributed by atoms with E-state index in [1.165, 1.54) is 0 Å². The van der Waals surface area contributed by atoms with Crippen LogP contribution in [0.2, 0.25) is 0 Å². The summed E-state index contributed by atoms with van der Waals surface area (Å²) >= 11 is 0. The molecule has 4 N–H and O–H groups in total. The maximum atomic E-state index is 15.2. The largest absolute Gasteiger partial charge is 0.441 e. The lowest BCUT2D eigenvalue weighted by Gasteiger charge is -2.61. The second-order valence-corrected chi connectivity index (χ2v) is 10.6. The minimum absolute atomic E-state index is 0.00699. The van der Waals surface area contributed by atoms with Crippen LogP contribution in [0.3, 0.4) is 0 Å². The third-order valence-corrected chi connectivity index (χ3v) is 8.06. The molecule has 0 radical (unpaired) electrons. The predicted molar refractivity (Wildman–Crippen MR) is 127 cm³/mol. The zero-order valence-corrected chi connectivity index (χ0v) is 19.7. The number of alkyl halides is 1. The number of nitrogens with one attached hydrogen (secondary N) is 4. The van der Waals surface area contributed by atoms with Crippen LogP contribution in [0.5, 0.6) is 0 Å². The lowest BCUT2D eigenvalue weighted by Crippen LogP contribution is -2.68. The van der Waals surface area contributed by atoms with Gasteiger partial charge < -0.3 is 25.4 Å². The van der Waals surface area contributed by atoms with Crippen LogP contribution in [0, 0.1) is 5.92 Å². The maximum absolute atomic E-state index is 15.2. The van der Waals surface area contributed by atoms with E-state index < -0.39 is 24.5 Å². The fourth-order valence-corrected chi connectivity index (χ4v) is 5.97. The van der Waals surface area contributed by atoms with Gasteiger partial charge >= 0.3 is 6.09 Å². The van der Waals surface area contributed by atoms with Crippen molar-refractivity contribution < 1.29 is 18.7 Å². The molecule has 0 spiro atoms. The Morgan fingerprint density at radius 2 is 2.11 bits per heavy atom. The van der Waals surface area contributed by atoms with Gasteiger partial charge in [-0.05, 0) is 57.2 Å². The number of nitrogens with zero attached hydrogens (tertiary/aromatic N) is 4. The molecular weight excluding hydrogens is 467 g/mol. The molecule has 8 rings (SSSR count). The molecule has 2 aliphatic heterocycles. The Morgan fingerprint density at radius 1 is 1.28 bits per heavy atom. The molecule has 36 heavy (non-hydrogen) atoms. The summed E-state index contributed by atoms with van der Waals surface area (Å²) in [5.74, 6) is 2.22. The van der Waals surface area contributed by atoms with E-state index in [1.54, 1.807) is 12.3 Å². The molecule has 0 aromatic carbocycles. The summed E-state index contributed by atoms with van der Waals surface area (Å²) in [7, 11) is 0. The van der Waals surface area contributed by atoms with Crippen LogP contribution in [0.4, 0.5) is 20.8 Å². The van der Waals surface area contributed by atoms with Crippen LogP contribution in [0.25, 0.3) is 5.52 Å². The summed E-state index contributed by atoms with van der Waals surface area (Å²) < 4.78 is 28.0. The first kappa shape index (κ1) is 22.0. The van der Waals surface area contributed by atoms with Gasteiger partial charge in [-0.15, -0.1) is 0 Å². The molecule has 3 saturated carbocycles. The van der Waals surface area contributed by atoms with E-state index in [9.17, 15) is 4.79 Å². The molecule has 5 heterocycles. The van der Waals surface area contributed by atoms with E-state index in [2.05, 4.69) is 31.2 Å². The Hall–Kier alpha value is -3.25. The lowest BCUT2D eigenvalue weighted by molar-refractivity contribution is -0.0528. The minimum atomic E-state index is -1.50. The fraction of sp³-hybridized carbons (Fsp3) is 0.583. The number of carbonyl (C=O) groups excluding carboxylic acids is 1. The molecule has 3 aliphatic carbocycles. The summed E-state index contributed by atoms with van der Waals surface area (Å²) in [5, 5.41) is 21.1. The quantitative estimate of drug-likeness (QED) is 0.410. The number of alkyl carbamates (subject to hydrolysis) is 1. The molecule has 5 fully saturated rings. The summed E-state index contributed by atoms with van der Waals surface area (Å²) in [6, 6.07) is 3.58. The number of hydrogen-bond acceptors (Lipinski definition) is 8. The van der Waals surface area contributed by atoms with Gasteiger partial charge in [-0.2, -0.15) is 10.2 Å². The average Bonchev–Trinajstić information content (AvgIpc) is 3.57. The van der Waals surface area contributed by atoms with Crippen molar-refractivity contribution in [2.24, 2.45) is 5.92 Å². The van der Waals surface area contributed by atoms with Crippen molar-refractivity contribution in [3.8, 4) is 0 Å². The average molecular weight is 497 g/mol. The number of fused-ring (bicyclic) bond motifs is 1. The third kappa shape index (κ3) is 3.79. The number of ether oxygens (including phenoxy) is 2. The van der Waals surface area contributed by atoms with Crippen LogP contribution in [-0.4, -0.2) is 68.4 Å². The summed E-state index contributed by atoms with van der Waals surface area (Å²) in [6.07, 6.45) is 4.81. The third-order valence-electron chi connectivity index (χ3n) is 8.06. The van der Waals surface area contributed by atoms with E-state index in [-0.39, 0.29) is 12.1 Å². The Labute approximate surface area is 206 Å². The van der Waals surface area contributed by atoms with Crippen molar-refractivity contribution >= 4 is 23.2 Å². The molecule has 3 aromatic heterocycles. The molecular formula is C24H29FN8O3. The zero-order valence-electron chi connectivity index (χ0n) is 19.7. The van der Waals surface area contributed by atoms with Crippen molar-refractivity contribution in [1.82, 2.24) is 35.4 Å². The van der Waals surface area contributed by atoms with E-state index in [0.29, 0.717) is 23.2 Å². The Morgan fingerprint density at radius 3 is 2.89 bits per heavy atom. The standard InChI is InChI=1S/C24H29FN8O3/c25-20-18(36-23(34)30-24-8-13(9-24)10-24)12-35-21(20)15-7-19(32-31-15)29-22-17-3-6-27-33(17)11-16(28-22)14-1-4-26-5-2-14/h3,6-7,11,13-14,18,20-21,26H,1-2,4-5,8-10,12H2,(H,30,34)(H2,28,29,31,32)/t13?,18-,20-,21-,24?/m1/s1. The van der Waals surface area contributed by atoms with Gasteiger partial charge in [0.25, 0.3) is 0 Å². The first-order valence-corrected chi connectivity index (χ1v) is 12.7. The predicted octanol–water partition coefficient (Wildman–Crippen LogP) is 2.72. The summed E-state index contributed by atoms with van der Waals surface area (Å²) in [4.78, 5) is 17.1. The smallest absolute Gasteiger partial charge is 0.408 e. The Kier molecular flexibility index (Phi) is 5.14. The van der Waals surface area contributed by atoms with Gasteiger partial charge in [0.1, 0.15) is 11.6 Å². The lowest BCUT2D eigenvalue weighted by atomic mass is 9.50. The van der Waals surface area contributed by atoms with Gasteiger partial charge in [0.15, 0.2) is 23.9 Å². The van der Waals surface area contributed by atoms with Crippen LogP contribution in [0.15, 0.2) is 24.5 Å². The number of aromatic nitrogens is 5. The van der Waals surface area contributed by atoms with E-state index in [1.807, 2.05) is 16.8 Å². The van der Waals surface area contributed by atoms with E-state index in [0.717, 1.165) is 62.3 Å². The minimum Gasteiger partial charge on any atom is -0.441 e. The van der Waals surface area contributed by atoms with Gasteiger partial charge in [0, 0.05) is 17.5 Å². The molecule has 11 nitrogen and oxygen atoms in total. The molecule has 2 saturated heterocycles. The number of rotatable bonds is 6. The maximum Gasteiger partial charge on any atom is 0.408 e. The number of aromatic amines is 1. The second kappa shape index (κ2) is 8.41. The van der Waals surface area contributed by atoms with Crippen LogP contribution < -0.4 is 16.0 Å². The number of piperidine rings is 1. The van der Waals surface area contributed by atoms with Gasteiger partial charge in [0.05, 0.1) is 30.4 Å². The number of halogens is 1. The van der Waals surface area contributed by atoms with Crippen molar-refractivity contribution in [1.29, 1.82) is 0 Å². The highest BCUT2D eigenvalue weighted by Gasteiger charge is 2.58. The SMILES string of the molecule is O=C(NC12CC(C1)C2)O[C@@H]1CO[C@H](c2cc(Nc3nc(C4CCNCC4)cn4nccc34)n[nH]2)[C@@H]1F. The summed E-state index contributed by atoms with van der Waals surface area (Å²) in [6.45, 7) is 1.93. The highest BCUT2D eigenvalue weighted by Crippen LogP contribution is 2.57. The van der Waals surface area contributed by atoms with E-state index in [4.69, 9.17) is 14.5 Å². The number of anilines is 2. The number of H-pyrrole nitrogens is 1.